The zero-order valence-corrected chi connectivity index (χ0v) is 13.2. The Labute approximate surface area is 126 Å². The first-order valence-electron chi connectivity index (χ1n) is 6.73. The first-order valence-corrected chi connectivity index (χ1v) is 8.36. The molecule has 1 fully saturated rings. The molecule has 2 aromatic rings. The van der Waals surface area contributed by atoms with Gasteiger partial charge in [0, 0.05) is 26.7 Å². The fraction of sp³-hybridized carbons (Fsp3) is 0.538. The van der Waals surface area contributed by atoms with Crippen LogP contribution in [-0.2, 0) is 0 Å². The summed E-state index contributed by atoms with van der Waals surface area (Å²) in [5.74, 6) is 0.0281. The standard InChI is InChI=1S/C13H18N4OS2/c1-17(2)13-16-12-10(20-13)6-9(19-12)11(18)15-8-4-3-5-14-7-8/h6,8,14H,3-5,7H2,1-2H3,(H,15,18). The Kier molecular flexibility index (Phi) is 3.91. The van der Waals surface area contributed by atoms with Crippen LogP contribution >= 0.6 is 22.7 Å². The fourth-order valence-electron chi connectivity index (χ4n) is 2.26. The minimum Gasteiger partial charge on any atom is -0.354 e. The number of amides is 1. The molecule has 1 unspecified atom stereocenters. The molecule has 1 atom stereocenters. The molecular formula is C13H18N4OS2. The van der Waals surface area contributed by atoms with Gasteiger partial charge in [-0.25, -0.2) is 4.98 Å². The van der Waals surface area contributed by atoms with Crippen molar-refractivity contribution in [2.24, 2.45) is 0 Å². The van der Waals surface area contributed by atoms with E-state index in [0.29, 0.717) is 0 Å². The first kappa shape index (κ1) is 13.8. The number of carbonyl (C=O) groups excluding carboxylic acids is 1. The Morgan fingerprint density at radius 3 is 3.00 bits per heavy atom. The van der Waals surface area contributed by atoms with E-state index >= 15 is 0 Å². The third-order valence-electron chi connectivity index (χ3n) is 3.32. The van der Waals surface area contributed by atoms with Gasteiger partial charge in [-0.2, -0.15) is 0 Å². The van der Waals surface area contributed by atoms with Crippen LogP contribution in [0.25, 0.3) is 9.53 Å². The van der Waals surface area contributed by atoms with Crippen molar-refractivity contribution in [1.29, 1.82) is 0 Å². The smallest absolute Gasteiger partial charge is 0.261 e. The van der Waals surface area contributed by atoms with Crippen molar-refractivity contribution in [2.75, 3.05) is 32.1 Å². The number of thiophene rings is 1. The lowest BCUT2D eigenvalue weighted by Crippen LogP contribution is -2.45. The maximum atomic E-state index is 12.2. The normalized spacial score (nSPS) is 19.2. The molecule has 20 heavy (non-hydrogen) atoms. The van der Waals surface area contributed by atoms with Gasteiger partial charge in [-0.3, -0.25) is 4.79 Å². The van der Waals surface area contributed by atoms with E-state index in [2.05, 4.69) is 15.6 Å². The number of fused-ring (bicyclic) bond motifs is 1. The van der Waals surface area contributed by atoms with Crippen LogP contribution in [0.5, 0.6) is 0 Å². The summed E-state index contributed by atoms with van der Waals surface area (Å²) in [4.78, 5) is 20.5. The quantitative estimate of drug-likeness (QED) is 0.909. The number of aromatic nitrogens is 1. The molecule has 3 heterocycles. The lowest BCUT2D eigenvalue weighted by atomic mass is 10.1. The molecule has 1 aliphatic heterocycles. The van der Waals surface area contributed by atoms with E-state index in [4.69, 9.17) is 0 Å². The van der Waals surface area contributed by atoms with Crippen LogP contribution < -0.4 is 15.5 Å². The number of carbonyl (C=O) groups is 1. The van der Waals surface area contributed by atoms with Gasteiger partial charge in [0.25, 0.3) is 5.91 Å². The average molecular weight is 310 g/mol. The van der Waals surface area contributed by atoms with Gasteiger partial charge in [0.1, 0.15) is 4.83 Å². The third kappa shape index (κ3) is 2.79. The molecule has 0 saturated carbocycles. The SMILES string of the molecule is CN(C)c1nc2sc(C(=O)NC3CCCNC3)cc2s1. The van der Waals surface area contributed by atoms with Crippen LogP contribution in [0.1, 0.15) is 22.5 Å². The minimum atomic E-state index is 0.0281. The van der Waals surface area contributed by atoms with Crippen LogP contribution in [0.3, 0.4) is 0 Å². The van der Waals surface area contributed by atoms with E-state index < -0.39 is 0 Å². The highest BCUT2D eigenvalue weighted by Crippen LogP contribution is 2.33. The number of hydrogen-bond acceptors (Lipinski definition) is 6. The van der Waals surface area contributed by atoms with Crippen molar-refractivity contribution in [3.05, 3.63) is 10.9 Å². The van der Waals surface area contributed by atoms with Crippen LogP contribution in [0.2, 0.25) is 0 Å². The van der Waals surface area contributed by atoms with Crippen molar-refractivity contribution in [2.45, 2.75) is 18.9 Å². The van der Waals surface area contributed by atoms with Gasteiger partial charge in [0.05, 0.1) is 9.58 Å². The van der Waals surface area contributed by atoms with E-state index in [1.54, 1.807) is 11.3 Å². The van der Waals surface area contributed by atoms with Crippen LogP contribution in [0.4, 0.5) is 5.13 Å². The lowest BCUT2D eigenvalue weighted by Gasteiger charge is -2.23. The van der Waals surface area contributed by atoms with Crippen molar-refractivity contribution < 1.29 is 4.79 Å². The molecule has 0 aromatic carbocycles. The number of hydrogen-bond donors (Lipinski definition) is 2. The lowest BCUT2D eigenvalue weighted by molar-refractivity contribution is 0.0935. The topological polar surface area (TPSA) is 57.3 Å². The Bertz CT molecular complexity index is 581. The summed E-state index contributed by atoms with van der Waals surface area (Å²) in [5.41, 5.74) is 0. The van der Waals surface area contributed by atoms with Gasteiger partial charge < -0.3 is 15.5 Å². The molecule has 2 N–H and O–H groups in total. The molecular weight excluding hydrogens is 292 g/mol. The number of nitrogens with one attached hydrogen (secondary N) is 2. The van der Waals surface area contributed by atoms with Crippen molar-refractivity contribution in [3.8, 4) is 0 Å². The monoisotopic (exact) mass is 310 g/mol. The fourth-order valence-corrected chi connectivity index (χ4v) is 4.30. The van der Waals surface area contributed by atoms with Gasteiger partial charge in [-0.1, -0.05) is 11.3 Å². The summed E-state index contributed by atoms with van der Waals surface area (Å²) in [7, 11) is 3.96. The Hall–Kier alpha value is -1.18. The number of anilines is 1. The van der Waals surface area contributed by atoms with Crippen molar-refractivity contribution >= 4 is 43.2 Å². The summed E-state index contributed by atoms with van der Waals surface area (Å²) in [5, 5.41) is 7.39. The van der Waals surface area contributed by atoms with E-state index in [1.165, 1.54) is 11.3 Å². The molecule has 0 spiro atoms. The summed E-state index contributed by atoms with van der Waals surface area (Å²) in [6.45, 7) is 1.92. The van der Waals surface area contributed by atoms with E-state index in [-0.39, 0.29) is 11.9 Å². The summed E-state index contributed by atoms with van der Waals surface area (Å²) in [6, 6.07) is 2.21. The average Bonchev–Trinajstić information content (AvgIpc) is 2.97. The molecule has 0 aliphatic carbocycles. The molecule has 1 aliphatic rings. The highest BCUT2D eigenvalue weighted by Gasteiger charge is 2.19. The second-order valence-electron chi connectivity index (χ2n) is 5.19. The molecule has 0 radical (unpaired) electrons. The van der Waals surface area contributed by atoms with Gasteiger partial charge in [0.2, 0.25) is 0 Å². The largest absolute Gasteiger partial charge is 0.354 e. The van der Waals surface area contributed by atoms with E-state index in [0.717, 1.165) is 45.5 Å². The van der Waals surface area contributed by atoms with Gasteiger partial charge in [-0.05, 0) is 25.5 Å². The molecule has 5 nitrogen and oxygen atoms in total. The Morgan fingerprint density at radius 2 is 2.35 bits per heavy atom. The molecule has 0 bridgehead atoms. The van der Waals surface area contributed by atoms with Gasteiger partial charge >= 0.3 is 0 Å². The maximum absolute atomic E-state index is 12.2. The number of nitrogens with zero attached hydrogens (tertiary/aromatic N) is 2. The molecule has 108 valence electrons. The van der Waals surface area contributed by atoms with E-state index in [9.17, 15) is 4.79 Å². The number of piperidine rings is 1. The van der Waals surface area contributed by atoms with Crippen molar-refractivity contribution in [3.63, 3.8) is 0 Å². The number of thiazole rings is 1. The first-order chi connectivity index (χ1) is 9.63. The summed E-state index contributed by atoms with van der Waals surface area (Å²) in [6.07, 6.45) is 2.18. The zero-order valence-electron chi connectivity index (χ0n) is 11.6. The maximum Gasteiger partial charge on any atom is 0.261 e. The second kappa shape index (κ2) is 5.67. The van der Waals surface area contributed by atoms with E-state index in [1.807, 2.05) is 25.1 Å². The van der Waals surface area contributed by atoms with Gasteiger partial charge in [0.15, 0.2) is 5.13 Å². The third-order valence-corrected chi connectivity index (χ3v) is 5.64. The van der Waals surface area contributed by atoms with Crippen molar-refractivity contribution in [1.82, 2.24) is 15.6 Å². The molecule has 7 heteroatoms. The summed E-state index contributed by atoms with van der Waals surface area (Å²) >= 11 is 3.09. The Morgan fingerprint density at radius 1 is 1.50 bits per heavy atom. The Balaban J connectivity index is 1.72. The summed E-state index contributed by atoms with van der Waals surface area (Å²) < 4.78 is 1.09. The van der Waals surface area contributed by atoms with Crippen LogP contribution in [0.15, 0.2) is 6.07 Å². The van der Waals surface area contributed by atoms with Gasteiger partial charge in [-0.15, -0.1) is 11.3 Å². The highest BCUT2D eigenvalue weighted by molar-refractivity contribution is 7.29. The second-order valence-corrected chi connectivity index (χ2v) is 7.23. The molecule has 3 rings (SSSR count). The predicted octanol–water partition coefficient (Wildman–Crippen LogP) is 1.91. The predicted molar refractivity (Wildman–Crippen MR) is 85.2 cm³/mol. The highest BCUT2D eigenvalue weighted by atomic mass is 32.1. The number of rotatable bonds is 3. The minimum absolute atomic E-state index is 0.0281. The zero-order chi connectivity index (χ0) is 14.1. The molecule has 1 saturated heterocycles. The molecule has 2 aromatic heterocycles. The molecule has 1 amide bonds. The van der Waals surface area contributed by atoms with Crippen LogP contribution in [0, 0.1) is 0 Å². The van der Waals surface area contributed by atoms with Crippen LogP contribution in [-0.4, -0.2) is 44.1 Å².